The topological polar surface area (TPSA) is 84.1 Å². The third-order valence-electron chi connectivity index (χ3n) is 4.51. The Morgan fingerprint density at radius 1 is 1.46 bits per heavy atom. The van der Waals surface area contributed by atoms with Gasteiger partial charge in [-0.3, -0.25) is 4.79 Å². The van der Waals surface area contributed by atoms with Gasteiger partial charge in [0.1, 0.15) is 0 Å². The number of piperidine rings is 1. The fraction of sp³-hybridized carbons (Fsp3) is 0.444. The predicted molar refractivity (Wildman–Crippen MR) is 98.6 cm³/mol. The van der Waals surface area contributed by atoms with E-state index in [9.17, 15) is 9.90 Å². The predicted octanol–water partition coefficient (Wildman–Crippen LogP) is 2.07. The molecule has 2 heterocycles. The molecule has 26 heavy (non-hydrogen) atoms. The molecule has 7 nitrogen and oxygen atoms in total. The lowest BCUT2D eigenvalue weighted by atomic mass is 10.0. The largest absolute Gasteiger partial charge is 0.393 e. The number of aliphatic hydroxyl groups excluding tert-OH is 1. The van der Waals surface area contributed by atoms with Gasteiger partial charge in [-0.25, -0.2) is 0 Å². The molecule has 3 rings (SSSR count). The molecule has 1 aromatic heterocycles. The number of aliphatic hydroxyl groups is 1. The number of hydrogen-bond acceptors (Lipinski definition) is 5. The van der Waals surface area contributed by atoms with Gasteiger partial charge in [-0.2, -0.15) is 4.80 Å². The van der Waals surface area contributed by atoms with Crippen LogP contribution < -0.4 is 0 Å². The Morgan fingerprint density at radius 2 is 2.27 bits per heavy atom. The van der Waals surface area contributed by atoms with Crippen LogP contribution in [0, 0.1) is 6.92 Å². The first-order valence-corrected chi connectivity index (χ1v) is 9.00. The Morgan fingerprint density at radius 3 is 2.96 bits per heavy atom. The van der Waals surface area contributed by atoms with Crippen molar-refractivity contribution in [2.75, 3.05) is 6.54 Å². The molecule has 1 saturated heterocycles. The van der Waals surface area contributed by atoms with Gasteiger partial charge in [0.2, 0.25) is 5.91 Å². The van der Waals surface area contributed by atoms with E-state index in [1.165, 1.54) is 4.80 Å². The molecule has 138 valence electrons. The first kappa shape index (κ1) is 18.5. The zero-order valence-corrected chi connectivity index (χ0v) is 15.6. The molecule has 0 radical (unpaired) electrons. The summed E-state index contributed by atoms with van der Waals surface area (Å²) >= 11 is 6.12. The number of aryl methyl sites for hydroxylation is 1. The van der Waals surface area contributed by atoms with Gasteiger partial charge in [-0.05, 0) is 61.2 Å². The molecule has 1 aromatic carbocycles. The SMILES string of the molecule is Cc1nnn(Cc2cc(Cl)ccc2/C=C/C(=O)N2CC[C@H](O)C[C@@H]2C)n1. The second-order valence-corrected chi connectivity index (χ2v) is 7.04. The van der Waals surface area contributed by atoms with Gasteiger partial charge in [0.15, 0.2) is 5.82 Å². The Hall–Kier alpha value is -2.25. The van der Waals surface area contributed by atoms with Crippen LogP contribution in [0.3, 0.4) is 0 Å². The molecule has 0 unspecified atom stereocenters. The van der Waals surface area contributed by atoms with Crippen LogP contribution in [0.5, 0.6) is 0 Å². The maximum Gasteiger partial charge on any atom is 0.246 e. The molecule has 2 atom stereocenters. The number of carbonyl (C=O) groups is 1. The van der Waals surface area contributed by atoms with Crippen LogP contribution >= 0.6 is 11.6 Å². The van der Waals surface area contributed by atoms with Crippen molar-refractivity contribution in [1.82, 2.24) is 25.1 Å². The Bertz CT molecular complexity index is 820. The van der Waals surface area contributed by atoms with Crippen LogP contribution in [0.15, 0.2) is 24.3 Å². The summed E-state index contributed by atoms with van der Waals surface area (Å²) < 4.78 is 0. The number of carbonyl (C=O) groups excluding carboxylic acids is 1. The van der Waals surface area contributed by atoms with Crippen molar-refractivity contribution in [2.24, 2.45) is 0 Å². The molecule has 2 aromatic rings. The standard InChI is InChI=1S/C18H22ClN5O2/c1-12-9-17(25)7-8-23(12)18(26)6-4-14-3-5-16(19)10-15(14)11-24-21-13(2)20-22-24/h3-6,10,12,17,25H,7-9,11H2,1-2H3/b6-4+/t12-,17-/m0/s1. The van der Waals surface area contributed by atoms with Crippen LogP contribution in [0.2, 0.25) is 5.02 Å². The number of nitrogens with zero attached hydrogens (tertiary/aromatic N) is 5. The number of hydrogen-bond donors (Lipinski definition) is 1. The van der Waals surface area contributed by atoms with Gasteiger partial charge in [0.25, 0.3) is 0 Å². The number of likely N-dealkylation sites (tertiary alicyclic amines) is 1. The minimum Gasteiger partial charge on any atom is -0.393 e. The van der Waals surface area contributed by atoms with E-state index in [2.05, 4.69) is 15.4 Å². The van der Waals surface area contributed by atoms with E-state index in [0.29, 0.717) is 36.8 Å². The molecule has 0 aliphatic carbocycles. The average molecular weight is 376 g/mol. The van der Waals surface area contributed by atoms with E-state index in [1.54, 1.807) is 30.0 Å². The van der Waals surface area contributed by atoms with Gasteiger partial charge < -0.3 is 10.0 Å². The summed E-state index contributed by atoms with van der Waals surface area (Å²) in [5.74, 6) is 0.542. The second-order valence-electron chi connectivity index (χ2n) is 6.60. The van der Waals surface area contributed by atoms with Gasteiger partial charge in [-0.15, -0.1) is 10.2 Å². The van der Waals surface area contributed by atoms with Crippen LogP contribution in [0.25, 0.3) is 6.08 Å². The van der Waals surface area contributed by atoms with Crippen molar-refractivity contribution < 1.29 is 9.90 Å². The maximum atomic E-state index is 12.5. The van der Waals surface area contributed by atoms with Gasteiger partial charge >= 0.3 is 0 Å². The molecular weight excluding hydrogens is 354 g/mol. The van der Waals surface area contributed by atoms with Gasteiger partial charge in [0, 0.05) is 23.7 Å². The molecule has 1 aliphatic heterocycles. The number of halogens is 1. The summed E-state index contributed by atoms with van der Waals surface area (Å²) in [6.07, 6.45) is 4.27. The third-order valence-corrected chi connectivity index (χ3v) is 4.74. The molecule has 0 bridgehead atoms. The summed E-state index contributed by atoms with van der Waals surface area (Å²) in [6, 6.07) is 5.52. The second kappa shape index (κ2) is 7.97. The van der Waals surface area contributed by atoms with Gasteiger partial charge in [-0.1, -0.05) is 17.7 Å². The first-order chi connectivity index (χ1) is 12.4. The molecule has 1 N–H and O–H groups in total. The lowest BCUT2D eigenvalue weighted by molar-refractivity contribution is -0.130. The lowest BCUT2D eigenvalue weighted by Crippen LogP contribution is -2.45. The molecule has 8 heteroatoms. The molecule has 0 spiro atoms. The third kappa shape index (κ3) is 4.47. The smallest absolute Gasteiger partial charge is 0.246 e. The summed E-state index contributed by atoms with van der Waals surface area (Å²) in [4.78, 5) is 15.8. The average Bonchev–Trinajstić information content (AvgIpc) is 2.99. The monoisotopic (exact) mass is 375 g/mol. The van der Waals surface area contributed by atoms with Gasteiger partial charge in [0.05, 0.1) is 12.6 Å². The van der Waals surface area contributed by atoms with Crippen LogP contribution in [0.1, 0.15) is 36.7 Å². The highest BCUT2D eigenvalue weighted by Crippen LogP contribution is 2.20. The van der Waals surface area contributed by atoms with E-state index in [0.717, 1.165) is 11.1 Å². The fourth-order valence-corrected chi connectivity index (χ4v) is 3.34. The van der Waals surface area contributed by atoms with Crippen LogP contribution in [0.4, 0.5) is 0 Å². The zero-order chi connectivity index (χ0) is 18.7. The number of aromatic nitrogens is 4. The zero-order valence-electron chi connectivity index (χ0n) is 14.8. The first-order valence-electron chi connectivity index (χ1n) is 8.62. The van der Waals surface area contributed by atoms with Crippen molar-refractivity contribution in [3.63, 3.8) is 0 Å². The Balaban J connectivity index is 1.76. The highest BCUT2D eigenvalue weighted by Gasteiger charge is 2.26. The summed E-state index contributed by atoms with van der Waals surface area (Å²) in [5.41, 5.74) is 1.78. The molecule has 1 aliphatic rings. The highest BCUT2D eigenvalue weighted by molar-refractivity contribution is 6.30. The highest BCUT2D eigenvalue weighted by atomic mass is 35.5. The summed E-state index contributed by atoms with van der Waals surface area (Å²) in [5, 5.41) is 22.3. The molecule has 1 amide bonds. The number of amides is 1. The van der Waals surface area contributed by atoms with Crippen molar-refractivity contribution in [3.8, 4) is 0 Å². The van der Waals surface area contributed by atoms with E-state index in [-0.39, 0.29) is 18.1 Å². The quantitative estimate of drug-likeness (QED) is 0.827. The minimum absolute atomic E-state index is 0.0305. The summed E-state index contributed by atoms with van der Waals surface area (Å²) in [6.45, 7) is 4.72. The number of rotatable bonds is 4. The lowest BCUT2D eigenvalue weighted by Gasteiger charge is -2.35. The Labute approximate surface area is 157 Å². The fourth-order valence-electron chi connectivity index (χ4n) is 3.15. The molecule has 1 fully saturated rings. The van der Waals surface area contributed by atoms with Crippen LogP contribution in [-0.2, 0) is 11.3 Å². The maximum absolute atomic E-state index is 12.5. The molecule has 0 saturated carbocycles. The van der Waals surface area contributed by atoms with Crippen molar-refractivity contribution in [3.05, 3.63) is 46.2 Å². The van der Waals surface area contributed by atoms with Crippen molar-refractivity contribution in [1.29, 1.82) is 0 Å². The minimum atomic E-state index is -0.320. The van der Waals surface area contributed by atoms with E-state index in [1.807, 2.05) is 19.1 Å². The van der Waals surface area contributed by atoms with Crippen molar-refractivity contribution in [2.45, 2.75) is 45.4 Å². The Kier molecular flexibility index (Phi) is 5.68. The number of tetrazole rings is 1. The van der Waals surface area contributed by atoms with E-state index < -0.39 is 0 Å². The van der Waals surface area contributed by atoms with Crippen molar-refractivity contribution >= 4 is 23.6 Å². The number of benzene rings is 1. The van der Waals surface area contributed by atoms with Crippen LogP contribution in [-0.4, -0.2) is 54.8 Å². The normalized spacial score (nSPS) is 20.7. The van der Waals surface area contributed by atoms with E-state index in [4.69, 9.17) is 11.6 Å². The van der Waals surface area contributed by atoms with E-state index >= 15 is 0 Å². The molecular formula is C18H22ClN5O2. The summed E-state index contributed by atoms with van der Waals surface area (Å²) in [7, 11) is 0.